The largest absolute Gasteiger partial charge is 0.251 e. The lowest BCUT2D eigenvalue weighted by atomic mass is 10.0. The van der Waals surface area contributed by atoms with Crippen LogP contribution in [0.2, 0.25) is 0 Å². The Hall–Kier alpha value is -2.48. The van der Waals surface area contributed by atoms with Crippen LogP contribution in [0.4, 0.5) is 11.4 Å². The summed E-state index contributed by atoms with van der Waals surface area (Å²) < 4.78 is 0. The molecule has 0 unspecified atom stereocenters. The van der Waals surface area contributed by atoms with Gasteiger partial charge in [0.1, 0.15) is 0 Å². The maximum atomic E-state index is 5.23. The molecule has 0 spiro atoms. The molecule has 0 fully saturated rings. The van der Waals surface area contributed by atoms with E-state index in [1.807, 2.05) is 0 Å². The number of hydrogen-bond donors (Lipinski definition) is 0. The first-order valence-corrected chi connectivity index (χ1v) is 14.9. The maximum absolute atomic E-state index is 5.23. The molecule has 2 aromatic rings. The Bertz CT molecular complexity index is 985. The fourth-order valence-electron chi connectivity index (χ4n) is 4.90. The zero-order valence-corrected chi connectivity index (χ0v) is 24.7. The van der Waals surface area contributed by atoms with E-state index in [-0.39, 0.29) is 0 Å². The first-order valence-electron chi connectivity index (χ1n) is 14.9. The molecule has 0 amide bonds. The minimum absolute atomic E-state index is 0.962. The second-order valence-corrected chi connectivity index (χ2v) is 10.9. The summed E-state index contributed by atoms with van der Waals surface area (Å²) >= 11 is 0. The van der Waals surface area contributed by atoms with E-state index >= 15 is 0 Å². The van der Waals surface area contributed by atoms with E-state index in [9.17, 15) is 0 Å². The van der Waals surface area contributed by atoms with Crippen LogP contribution in [0.5, 0.6) is 0 Å². The minimum Gasteiger partial charge on any atom is -0.251 e. The van der Waals surface area contributed by atoms with Crippen molar-refractivity contribution >= 4 is 22.8 Å². The van der Waals surface area contributed by atoms with Gasteiger partial charge in [-0.15, -0.1) is 0 Å². The third-order valence-electron chi connectivity index (χ3n) is 6.74. The lowest BCUT2D eigenvalue weighted by Gasteiger charge is -2.10. The van der Waals surface area contributed by atoms with Gasteiger partial charge in [-0.2, -0.15) is 0 Å². The van der Waals surface area contributed by atoms with Crippen LogP contribution in [0, 0.1) is 27.7 Å². The first kappa shape index (κ1) is 30.7. The van der Waals surface area contributed by atoms with Crippen molar-refractivity contribution in [3.63, 3.8) is 0 Å². The van der Waals surface area contributed by atoms with Gasteiger partial charge in [-0.3, -0.25) is 4.99 Å². The Kier molecular flexibility index (Phi) is 14.9. The van der Waals surface area contributed by atoms with Gasteiger partial charge < -0.3 is 0 Å². The van der Waals surface area contributed by atoms with Crippen molar-refractivity contribution in [3.05, 3.63) is 70.8 Å². The quantitative estimate of drug-likeness (QED) is 0.152. The molecule has 2 aromatic carbocycles. The molecule has 0 saturated heterocycles. The van der Waals surface area contributed by atoms with E-state index in [1.54, 1.807) is 0 Å². The Balaban J connectivity index is 2.37. The van der Waals surface area contributed by atoms with Crippen molar-refractivity contribution in [2.45, 2.75) is 125 Å². The number of hydrogen-bond acceptors (Lipinski definition) is 2. The van der Waals surface area contributed by atoms with Gasteiger partial charge in [0.05, 0.1) is 22.8 Å². The highest BCUT2D eigenvalue weighted by Gasteiger charge is 2.09. The Morgan fingerprint density at radius 1 is 0.568 bits per heavy atom. The van der Waals surface area contributed by atoms with Crippen LogP contribution in [0.15, 0.2) is 58.5 Å². The molecule has 2 rings (SSSR count). The zero-order chi connectivity index (χ0) is 26.9. The number of allylic oxidation sites excluding steroid dienone is 2. The van der Waals surface area contributed by atoms with E-state index in [1.165, 1.54) is 86.5 Å². The molecule has 202 valence electrons. The van der Waals surface area contributed by atoms with Crippen molar-refractivity contribution in [1.82, 2.24) is 0 Å². The summed E-state index contributed by atoms with van der Waals surface area (Å²) in [6.45, 7) is 13.2. The molecule has 0 aromatic heterocycles. The summed E-state index contributed by atoms with van der Waals surface area (Å²) in [5, 5.41) is 0. The molecule has 0 bridgehead atoms. The number of nitrogens with zero attached hydrogens (tertiary/aromatic N) is 2. The summed E-state index contributed by atoms with van der Waals surface area (Å²) in [4.78, 5) is 10.4. The van der Waals surface area contributed by atoms with Crippen LogP contribution in [0.1, 0.15) is 120 Å². The van der Waals surface area contributed by atoms with Gasteiger partial charge in [0, 0.05) is 0 Å². The van der Waals surface area contributed by atoms with Crippen LogP contribution >= 0.6 is 0 Å². The van der Waals surface area contributed by atoms with E-state index in [0.717, 1.165) is 42.1 Å². The molecule has 37 heavy (non-hydrogen) atoms. The van der Waals surface area contributed by atoms with Crippen molar-refractivity contribution in [1.29, 1.82) is 0 Å². The molecule has 0 N–H and O–H groups in total. The van der Waals surface area contributed by atoms with Gasteiger partial charge in [0.15, 0.2) is 0 Å². The standard InChI is InChI=1S/C35H52N2/c1-7-9-11-13-15-17-19-21-35(37-33-26-30(5)23-31(6)27-33)34(20-18-16-14-12-10-8-2)36-32-24-28(3)22-29(4)25-32/h19,21-27H,7-18,20H2,1-6H3/b21-19+,36-34?,37-35?. The molecule has 0 aliphatic carbocycles. The smallest absolute Gasteiger partial charge is 0.0848 e. The molecule has 2 nitrogen and oxygen atoms in total. The van der Waals surface area contributed by atoms with Gasteiger partial charge in [-0.1, -0.05) is 89.8 Å². The third-order valence-corrected chi connectivity index (χ3v) is 6.74. The highest BCUT2D eigenvalue weighted by Crippen LogP contribution is 2.22. The summed E-state index contributed by atoms with van der Waals surface area (Å²) in [7, 11) is 0. The van der Waals surface area contributed by atoms with Crippen LogP contribution in [0.3, 0.4) is 0 Å². The maximum Gasteiger partial charge on any atom is 0.0848 e. The molecule has 0 aliphatic rings. The molecule has 0 aliphatic heterocycles. The Morgan fingerprint density at radius 2 is 1.03 bits per heavy atom. The molecule has 0 saturated carbocycles. The van der Waals surface area contributed by atoms with Crippen molar-refractivity contribution in [2.24, 2.45) is 9.98 Å². The lowest BCUT2D eigenvalue weighted by Crippen LogP contribution is -2.12. The predicted octanol–water partition coefficient (Wildman–Crippen LogP) is 11.4. The molecule has 0 atom stereocenters. The van der Waals surface area contributed by atoms with E-state index in [4.69, 9.17) is 9.98 Å². The average molecular weight is 501 g/mol. The molecule has 0 heterocycles. The highest BCUT2D eigenvalue weighted by molar-refractivity contribution is 6.47. The van der Waals surface area contributed by atoms with E-state index in [2.05, 4.69) is 90.1 Å². The SMILES string of the molecule is CCCCCCC/C=C/C(=Nc1cc(C)cc(C)c1)C(CCCCCCCC)=Nc1cc(C)cc(C)c1. The van der Waals surface area contributed by atoms with E-state index < -0.39 is 0 Å². The Labute approximate surface area is 228 Å². The molecular weight excluding hydrogens is 448 g/mol. The topological polar surface area (TPSA) is 24.7 Å². The van der Waals surface area contributed by atoms with Crippen LogP contribution in [-0.2, 0) is 0 Å². The van der Waals surface area contributed by atoms with Gasteiger partial charge in [0.2, 0.25) is 0 Å². The van der Waals surface area contributed by atoms with Crippen molar-refractivity contribution in [3.8, 4) is 0 Å². The van der Waals surface area contributed by atoms with Gasteiger partial charge in [0.25, 0.3) is 0 Å². The predicted molar refractivity (Wildman–Crippen MR) is 167 cm³/mol. The van der Waals surface area contributed by atoms with Gasteiger partial charge >= 0.3 is 0 Å². The third kappa shape index (κ3) is 13.0. The molecule has 0 radical (unpaired) electrons. The molecule has 2 heteroatoms. The average Bonchev–Trinajstić information content (AvgIpc) is 2.83. The fourth-order valence-corrected chi connectivity index (χ4v) is 4.90. The number of aliphatic imine (C=N–C) groups is 2. The second-order valence-electron chi connectivity index (χ2n) is 10.9. The monoisotopic (exact) mass is 500 g/mol. The Morgan fingerprint density at radius 3 is 1.57 bits per heavy atom. The number of aryl methyl sites for hydroxylation is 4. The van der Waals surface area contributed by atoms with Gasteiger partial charge in [-0.05, 0) is 106 Å². The van der Waals surface area contributed by atoms with Crippen molar-refractivity contribution < 1.29 is 0 Å². The summed E-state index contributed by atoms with van der Waals surface area (Å²) in [5.41, 5.74) is 9.22. The summed E-state index contributed by atoms with van der Waals surface area (Å²) in [6, 6.07) is 13.2. The van der Waals surface area contributed by atoms with Crippen molar-refractivity contribution in [2.75, 3.05) is 0 Å². The van der Waals surface area contributed by atoms with Crippen LogP contribution in [-0.4, -0.2) is 11.4 Å². The molecular formula is C35H52N2. The van der Waals surface area contributed by atoms with Crippen LogP contribution in [0.25, 0.3) is 0 Å². The van der Waals surface area contributed by atoms with Crippen LogP contribution < -0.4 is 0 Å². The second kappa shape index (κ2) is 17.9. The van der Waals surface area contributed by atoms with Gasteiger partial charge in [-0.25, -0.2) is 4.99 Å². The minimum atomic E-state index is 0.962. The fraction of sp³-hybridized carbons (Fsp3) is 0.543. The lowest BCUT2D eigenvalue weighted by molar-refractivity contribution is 0.616. The normalized spacial score (nSPS) is 12.6. The summed E-state index contributed by atoms with van der Waals surface area (Å²) in [5.74, 6) is 0. The van der Waals surface area contributed by atoms with E-state index in [0.29, 0.717) is 0 Å². The highest BCUT2D eigenvalue weighted by atomic mass is 14.8. The number of benzene rings is 2. The zero-order valence-electron chi connectivity index (χ0n) is 24.7. The number of rotatable bonds is 17. The first-order chi connectivity index (χ1) is 17.9. The summed E-state index contributed by atoms with van der Waals surface area (Å²) in [6.07, 6.45) is 20.8. The number of unbranched alkanes of at least 4 members (excludes halogenated alkanes) is 10.